The van der Waals surface area contributed by atoms with E-state index in [2.05, 4.69) is 27.6 Å². The Balaban J connectivity index is 2.74. The predicted molar refractivity (Wildman–Crippen MR) is 60.4 cm³/mol. The Labute approximate surface area is 89.8 Å². The number of aliphatic hydroxyl groups is 1. The summed E-state index contributed by atoms with van der Waals surface area (Å²) in [5, 5.41) is 10.1. The molecule has 2 nitrogen and oxygen atoms in total. The second-order valence-electron chi connectivity index (χ2n) is 2.77. The van der Waals surface area contributed by atoms with Crippen molar-refractivity contribution in [1.29, 1.82) is 0 Å². The highest BCUT2D eigenvalue weighted by Gasteiger charge is 2.01. The van der Waals surface area contributed by atoms with Crippen molar-refractivity contribution in [3.05, 3.63) is 39.6 Å². The zero-order valence-corrected chi connectivity index (χ0v) is 9.02. The number of pyridine rings is 1. The molecule has 3 heteroatoms. The van der Waals surface area contributed by atoms with Crippen LogP contribution in [0, 0.1) is 3.57 Å². The minimum atomic E-state index is 0.00308. The van der Waals surface area contributed by atoms with Gasteiger partial charge in [0.25, 0.3) is 0 Å². The first-order chi connectivity index (χ1) is 6.31. The fourth-order valence-electron chi connectivity index (χ4n) is 1.24. The zero-order chi connectivity index (χ0) is 9.26. The van der Waals surface area contributed by atoms with Crippen molar-refractivity contribution in [2.45, 2.75) is 6.61 Å². The molecule has 66 valence electrons. The van der Waals surface area contributed by atoms with Crippen LogP contribution in [0.4, 0.5) is 0 Å². The highest BCUT2D eigenvalue weighted by atomic mass is 127. The fourth-order valence-corrected chi connectivity index (χ4v) is 1.87. The van der Waals surface area contributed by atoms with E-state index in [4.69, 9.17) is 5.11 Å². The molecule has 0 unspecified atom stereocenters. The van der Waals surface area contributed by atoms with E-state index in [1.807, 2.05) is 30.3 Å². The van der Waals surface area contributed by atoms with Crippen molar-refractivity contribution in [2.24, 2.45) is 0 Å². The number of rotatable bonds is 1. The lowest BCUT2D eigenvalue weighted by Crippen LogP contribution is -1.93. The van der Waals surface area contributed by atoms with Crippen LogP contribution in [0.2, 0.25) is 0 Å². The quantitative estimate of drug-likeness (QED) is 0.816. The van der Waals surface area contributed by atoms with Gasteiger partial charge in [0.15, 0.2) is 0 Å². The van der Waals surface area contributed by atoms with E-state index in [1.54, 1.807) is 0 Å². The molecule has 1 aromatic heterocycles. The van der Waals surface area contributed by atoms with Crippen LogP contribution in [0.25, 0.3) is 10.9 Å². The molecule has 0 aliphatic heterocycles. The summed E-state index contributed by atoms with van der Waals surface area (Å²) in [6, 6.07) is 9.94. The van der Waals surface area contributed by atoms with Crippen LogP contribution >= 0.6 is 22.6 Å². The van der Waals surface area contributed by atoms with Crippen molar-refractivity contribution < 1.29 is 5.11 Å². The minimum absolute atomic E-state index is 0.00308. The molecule has 0 radical (unpaired) electrons. The van der Waals surface area contributed by atoms with E-state index in [0.29, 0.717) is 0 Å². The average Bonchev–Trinajstić information content (AvgIpc) is 2.17. The molecule has 0 aliphatic rings. The molecule has 0 spiro atoms. The summed E-state index contributed by atoms with van der Waals surface area (Å²) in [7, 11) is 0. The number of hydrogen-bond acceptors (Lipinski definition) is 2. The second-order valence-corrected chi connectivity index (χ2v) is 3.93. The number of aromatic nitrogens is 1. The van der Waals surface area contributed by atoms with Gasteiger partial charge in [-0.25, -0.2) is 4.98 Å². The number of nitrogens with zero attached hydrogens (tertiary/aromatic N) is 1. The molecule has 0 atom stereocenters. The maximum Gasteiger partial charge on any atom is 0.0864 e. The van der Waals surface area contributed by atoms with E-state index in [9.17, 15) is 0 Å². The Bertz CT molecular complexity index is 442. The van der Waals surface area contributed by atoms with E-state index in [-0.39, 0.29) is 6.61 Å². The Morgan fingerprint density at radius 2 is 2.08 bits per heavy atom. The van der Waals surface area contributed by atoms with Gasteiger partial charge in [-0.15, -0.1) is 0 Å². The third-order valence-electron chi connectivity index (χ3n) is 1.90. The SMILES string of the molecule is OCc1nc2ccccc2cc1I. The van der Waals surface area contributed by atoms with Crippen molar-refractivity contribution in [1.82, 2.24) is 4.98 Å². The number of fused-ring (bicyclic) bond motifs is 1. The molecular formula is C10H8INO. The molecule has 0 bridgehead atoms. The Morgan fingerprint density at radius 1 is 1.31 bits per heavy atom. The largest absolute Gasteiger partial charge is 0.390 e. The Morgan fingerprint density at radius 3 is 2.85 bits per heavy atom. The average molecular weight is 285 g/mol. The molecule has 13 heavy (non-hydrogen) atoms. The van der Waals surface area contributed by atoms with Crippen molar-refractivity contribution >= 4 is 33.5 Å². The summed E-state index contributed by atoms with van der Waals surface area (Å²) in [4.78, 5) is 4.34. The highest BCUT2D eigenvalue weighted by molar-refractivity contribution is 14.1. The lowest BCUT2D eigenvalue weighted by Gasteiger charge is -2.02. The summed E-state index contributed by atoms with van der Waals surface area (Å²) < 4.78 is 1.01. The number of hydrogen-bond donors (Lipinski definition) is 1. The first-order valence-corrected chi connectivity index (χ1v) is 5.04. The predicted octanol–water partition coefficient (Wildman–Crippen LogP) is 2.33. The Kier molecular flexibility index (Phi) is 2.46. The van der Waals surface area contributed by atoms with Gasteiger partial charge in [0, 0.05) is 8.96 Å². The molecule has 0 saturated heterocycles. The van der Waals surface area contributed by atoms with E-state index >= 15 is 0 Å². The van der Waals surface area contributed by atoms with Crippen LogP contribution in [0.5, 0.6) is 0 Å². The van der Waals surface area contributed by atoms with Crippen molar-refractivity contribution in [2.75, 3.05) is 0 Å². The molecule has 1 aromatic carbocycles. The lowest BCUT2D eigenvalue weighted by molar-refractivity contribution is 0.276. The van der Waals surface area contributed by atoms with Crippen LogP contribution in [-0.4, -0.2) is 10.1 Å². The summed E-state index contributed by atoms with van der Waals surface area (Å²) in [5.74, 6) is 0. The maximum atomic E-state index is 9.01. The Hall–Kier alpha value is -0.680. The zero-order valence-electron chi connectivity index (χ0n) is 6.87. The van der Waals surface area contributed by atoms with Gasteiger partial charge in [-0.2, -0.15) is 0 Å². The fraction of sp³-hybridized carbons (Fsp3) is 0.100. The van der Waals surface area contributed by atoms with Gasteiger partial charge >= 0.3 is 0 Å². The topological polar surface area (TPSA) is 33.1 Å². The smallest absolute Gasteiger partial charge is 0.0864 e. The monoisotopic (exact) mass is 285 g/mol. The standard InChI is InChI=1S/C10H8INO/c11-8-5-7-3-1-2-4-9(7)12-10(8)6-13/h1-5,13H,6H2. The third kappa shape index (κ3) is 1.66. The van der Waals surface area contributed by atoms with Gasteiger partial charge < -0.3 is 5.11 Å². The van der Waals surface area contributed by atoms with Gasteiger partial charge in [-0.1, -0.05) is 18.2 Å². The van der Waals surface area contributed by atoms with Crippen molar-refractivity contribution in [3.63, 3.8) is 0 Å². The minimum Gasteiger partial charge on any atom is -0.390 e. The lowest BCUT2D eigenvalue weighted by atomic mass is 10.2. The molecule has 0 amide bonds. The van der Waals surface area contributed by atoms with Crippen LogP contribution in [0.3, 0.4) is 0 Å². The van der Waals surface area contributed by atoms with Crippen LogP contribution < -0.4 is 0 Å². The molecular weight excluding hydrogens is 277 g/mol. The van der Waals surface area contributed by atoms with E-state index in [1.165, 1.54) is 0 Å². The number of benzene rings is 1. The third-order valence-corrected chi connectivity index (χ3v) is 2.83. The molecule has 2 rings (SSSR count). The summed E-state index contributed by atoms with van der Waals surface area (Å²) in [6.45, 7) is 0.00308. The highest BCUT2D eigenvalue weighted by Crippen LogP contribution is 2.17. The second kappa shape index (κ2) is 3.59. The van der Waals surface area contributed by atoms with Crippen LogP contribution in [-0.2, 0) is 6.61 Å². The first kappa shape index (κ1) is 8.90. The first-order valence-electron chi connectivity index (χ1n) is 3.96. The van der Waals surface area contributed by atoms with Gasteiger partial charge in [0.2, 0.25) is 0 Å². The van der Waals surface area contributed by atoms with Crippen LogP contribution in [0.15, 0.2) is 30.3 Å². The van der Waals surface area contributed by atoms with E-state index in [0.717, 1.165) is 20.2 Å². The normalized spacial score (nSPS) is 10.6. The van der Waals surface area contributed by atoms with Gasteiger partial charge in [-0.05, 0) is 34.7 Å². The number of halogens is 1. The molecule has 0 fully saturated rings. The summed E-state index contributed by atoms with van der Waals surface area (Å²) in [5.41, 5.74) is 1.69. The van der Waals surface area contributed by atoms with Crippen LogP contribution in [0.1, 0.15) is 5.69 Å². The van der Waals surface area contributed by atoms with Gasteiger partial charge in [0.1, 0.15) is 0 Å². The van der Waals surface area contributed by atoms with Gasteiger partial charge in [0.05, 0.1) is 17.8 Å². The van der Waals surface area contributed by atoms with E-state index < -0.39 is 0 Å². The van der Waals surface area contributed by atoms with Crippen molar-refractivity contribution in [3.8, 4) is 0 Å². The summed E-state index contributed by atoms with van der Waals surface area (Å²) in [6.07, 6.45) is 0. The van der Waals surface area contributed by atoms with Gasteiger partial charge in [-0.3, -0.25) is 0 Å². The maximum absolute atomic E-state index is 9.01. The summed E-state index contributed by atoms with van der Waals surface area (Å²) >= 11 is 2.19. The number of para-hydroxylation sites is 1. The molecule has 1 N–H and O–H groups in total. The molecule has 0 aliphatic carbocycles. The molecule has 1 heterocycles. The molecule has 0 saturated carbocycles. The number of aliphatic hydroxyl groups excluding tert-OH is 1. The molecule has 2 aromatic rings.